The van der Waals surface area contributed by atoms with Gasteiger partial charge in [0.25, 0.3) is 0 Å². The van der Waals surface area contributed by atoms with E-state index in [9.17, 15) is 0 Å². The van der Waals surface area contributed by atoms with Crippen molar-refractivity contribution >= 4 is 43.8 Å². The fourth-order valence-electron chi connectivity index (χ4n) is 7.64. The molecule has 0 N–H and O–H groups in total. The fourth-order valence-corrected chi connectivity index (χ4v) is 40.6. The van der Waals surface area contributed by atoms with Crippen molar-refractivity contribution in [2.24, 2.45) is 0 Å². The Morgan fingerprint density at radius 1 is 0.688 bits per heavy atom. The van der Waals surface area contributed by atoms with Crippen molar-refractivity contribution in [2.45, 2.75) is 69.9 Å². The molecule has 174 valence electrons. The fraction of sp³-hybridized carbons (Fsp3) is 0.429. The Morgan fingerprint density at radius 3 is 1.41 bits per heavy atom. The van der Waals surface area contributed by atoms with Gasteiger partial charge in [0.2, 0.25) is 0 Å². The van der Waals surface area contributed by atoms with Crippen molar-refractivity contribution in [1.29, 1.82) is 0 Å². The summed E-state index contributed by atoms with van der Waals surface area (Å²) in [5, 5.41) is 0. The number of hydrogen-bond acceptors (Lipinski definition) is 0. The minimum Gasteiger partial charge on any atom is -0.147 e. The zero-order valence-corrected chi connectivity index (χ0v) is 26.1. The molecule has 0 fully saturated rings. The summed E-state index contributed by atoms with van der Waals surface area (Å²) in [4.78, 5) is 0. The SMILES string of the molecule is CC[CH2][Zr](=[SiH2])([CH2]CC)([CH]1C(C)=Cc2c(C)cccc21)[CH]1C(C)=Cc2c(C)cccc21.Cl.Cl. The van der Waals surface area contributed by atoms with Gasteiger partial charge in [-0.3, -0.25) is 0 Å². The Balaban J connectivity index is 0.00000181. The van der Waals surface area contributed by atoms with E-state index in [1.807, 2.05) is 0 Å². The van der Waals surface area contributed by atoms with Crippen LogP contribution >= 0.6 is 24.8 Å². The maximum Gasteiger partial charge on any atom is -0.147 e. The standard InChI is InChI=1S/2C11H11.2C3H7.2ClH.H2Si.Zr/c2*1-8-6-10-5-3-4-9(2)11(10)7-8;2*1-3-2;;;;/h2*3-7H,1-2H3;2*1,3H2,2H3;2*1H;1H2;. The molecule has 0 amide bonds. The number of halogens is 2. The minimum atomic E-state index is -3.44. The van der Waals surface area contributed by atoms with Crippen LogP contribution < -0.4 is 0 Å². The Morgan fingerprint density at radius 2 is 1.06 bits per heavy atom. The van der Waals surface area contributed by atoms with Gasteiger partial charge in [0.05, 0.1) is 0 Å². The second-order valence-corrected chi connectivity index (χ2v) is 37.0. The average molecular weight is 567 g/mol. The Kier molecular flexibility index (Phi) is 8.76. The van der Waals surface area contributed by atoms with Gasteiger partial charge in [0, 0.05) is 0 Å². The molecule has 2 aromatic rings. The summed E-state index contributed by atoms with van der Waals surface area (Å²) in [6.45, 7) is 16.9. The first-order chi connectivity index (χ1) is 14.3. The second-order valence-electron chi connectivity index (χ2n) is 10.4. The third kappa shape index (κ3) is 4.02. The van der Waals surface area contributed by atoms with E-state index >= 15 is 0 Å². The number of allylic oxidation sites excluding steroid dienone is 2. The maximum atomic E-state index is 2.57. The van der Waals surface area contributed by atoms with Crippen LogP contribution in [0.5, 0.6) is 0 Å². The first kappa shape index (κ1) is 27.8. The molecule has 0 spiro atoms. The molecule has 2 aliphatic rings. The van der Waals surface area contributed by atoms with E-state index < -0.39 is 17.4 Å². The largest absolute Gasteiger partial charge is 0.147 e. The molecule has 2 aromatic carbocycles. The molecule has 2 aliphatic carbocycles. The number of fused-ring (bicyclic) bond motifs is 2. The van der Waals surface area contributed by atoms with Gasteiger partial charge >= 0.3 is 187 Å². The third-order valence-corrected chi connectivity index (χ3v) is 37.5. The molecule has 0 heterocycles. The molecule has 0 saturated carbocycles. The topological polar surface area (TPSA) is 0 Å². The van der Waals surface area contributed by atoms with Crippen molar-refractivity contribution in [2.75, 3.05) is 0 Å². The average Bonchev–Trinajstić information content (AvgIpc) is 3.21. The molecular formula is C28H40Cl2SiZr. The summed E-state index contributed by atoms with van der Waals surface area (Å²) in [5.74, 6) is 0. The van der Waals surface area contributed by atoms with Crippen molar-refractivity contribution in [3.63, 3.8) is 0 Å². The zero-order chi connectivity index (χ0) is 21.7. The summed E-state index contributed by atoms with van der Waals surface area (Å²) in [5.41, 5.74) is 12.6. The first-order valence-corrected chi connectivity index (χ1v) is 24.1. The minimum absolute atomic E-state index is 0. The van der Waals surface area contributed by atoms with Crippen LogP contribution in [0.1, 0.15) is 81.2 Å². The van der Waals surface area contributed by atoms with Crippen LogP contribution in [-0.4, -0.2) is 6.88 Å². The normalized spacial score (nSPS) is 19.3. The molecule has 0 bridgehead atoms. The molecule has 0 saturated heterocycles. The smallest absolute Gasteiger partial charge is 0.147 e. The van der Waals surface area contributed by atoms with Crippen molar-refractivity contribution in [1.82, 2.24) is 0 Å². The van der Waals surface area contributed by atoms with E-state index in [0.29, 0.717) is 7.25 Å². The van der Waals surface area contributed by atoms with E-state index in [-0.39, 0.29) is 24.8 Å². The molecule has 4 heteroatoms. The van der Waals surface area contributed by atoms with Crippen LogP contribution in [0.25, 0.3) is 12.2 Å². The van der Waals surface area contributed by atoms with E-state index in [1.165, 1.54) is 43.4 Å². The van der Waals surface area contributed by atoms with Crippen molar-refractivity contribution in [3.05, 3.63) is 80.9 Å². The van der Waals surface area contributed by atoms with Gasteiger partial charge < -0.3 is 0 Å². The van der Waals surface area contributed by atoms with Gasteiger partial charge in [0.1, 0.15) is 0 Å². The molecule has 32 heavy (non-hydrogen) atoms. The van der Waals surface area contributed by atoms with Crippen LogP contribution in [0.2, 0.25) is 8.26 Å². The van der Waals surface area contributed by atoms with Crippen LogP contribution in [0.3, 0.4) is 0 Å². The summed E-state index contributed by atoms with van der Waals surface area (Å²) >= 11 is -3.44. The van der Waals surface area contributed by atoms with Crippen molar-refractivity contribution in [3.8, 4) is 0 Å². The number of rotatable bonds is 6. The predicted molar refractivity (Wildman–Crippen MR) is 148 cm³/mol. The van der Waals surface area contributed by atoms with Gasteiger partial charge in [-0.05, 0) is 0 Å². The Hall–Kier alpha value is -0.400. The summed E-state index contributed by atoms with van der Waals surface area (Å²) in [6, 6.07) is 14.2. The molecular weight excluding hydrogens is 527 g/mol. The van der Waals surface area contributed by atoms with Gasteiger partial charge in [-0.1, -0.05) is 0 Å². The van der Waals surface area contributed by atoms with Gasteiger partial charge in [-0.15, -0.1) is 24.8 Å². The summed E-state index contributed by atoms with van der Waals surface area (Å²) in [7, 11) is 0. The second kappa shape index (κ2) is 10.1. The van der Waals surface area contributed by atoms with E-state index in [1.54, 1.807) is 22.3 Å². The van der Waals surface area contributed by atoms with Crippen LogP contribution in [0.15, 0.2) is 47.5 Å². The van der Waals surface area contributed by atoms with Crippen LogP contribution in [-0.2, 0) is 17.4 Å². The quantitative estimate of drug-likeness (QED) is 0.307. The summed E-state index contributed by atoms with van der Waals surface area (Å²) < 4.78 is 4.28. The third-order valence-electron chi connectivity index (χ3n) is 8.33. The molecule has 0 radical (unpaired) electrons. The Labute approximate surface area is 210 Å². The van der Waals surface area contributed by atoms with Gasteiger partial charge in [-0.25, -0.2) is 0 Å². The number of hydrogen-bond donors (Lipinski definition) is 0. The molecule has 0 aromatic heterocycles. The zero-order valence-electron chi connectivity index (χ0n) is 20.6. The van der Waals surface area contributed by atoms with E-state index in [4.69, 9.17) is 0 Å². The van der Waals surface area contributed by atoms with Crippen LogP contribution in [0.4, 0.5) is 0 Å². The Bertz CT molecular complexity index is 1050. The van der Waals surface area contributed by atoms with Crippen LogP contribution in [0, 0.1) is 13.8 Å². The van der Waals surface area contributed by atoms with Crippen molar-refractivity contribution < 1.29 is 17.4 Å². The molecule has 4 rings (SSSR count). The monoisotopic (exact) mass is 564 g/mol. The molecule has 2 unspecified atom stereocenters. The van der Waals surface area contributed by atoms with Gasteiger partial charge in [0.15, 0.2) is 0 Å². The number of aryl methyl sites for hydroxylation is 2. The number of benzene rings is 2. The summed E-state index contributed by atoms with van der Waals surface area (Å²) in [6.07, 6.45) is 7.72. The maximum absolute atomic E-state index is 3.44. The molecule has 0 aliphatic heterocycles. The van der Waals surface area contributed by atoms with Gasteiger partial charge in [-0.2, -0.15) is 0 Å². The predicted octanol–water partition coefficient (Wildman–Crippen LogP) is 8.66. The molecule has 0 nitrogen and oxygen atoms in total. The van der Waals surface area contributed by atoms with E-state index in [2.05, 4.69) is 97.0 Å². The first-order valence-electron chi connectivity index (χ1n) is 11.8. The molecule has 2 atom stereocenters. The van der Waals surface area contributed by atoms with E-state index in [0.717, 1.165) is 0 Å².